The number of rotatable bonds is 4. The number of fused-ring (bicyclic) bond motifs is 1. The third-order valence-corrected chi connectivity index (χ3v) is 4.13. The van der Waals surface area contributed by atoms with Crippen LogP contribution >= 0.6 is 0 Å². The molecule has 1 aromatic carbocycles. The van der Waals surface area contributed by atoms with Gasteiger partial charge in [-0.05, 0) is 17.7 Å². The summed E-state index contributed by atoms with van der Waals surface area (Å²) in [7, 11) is 1.58. The number of alkyl halides is 3. The number of aromatic nitrogens is 2. The largest absolute Gasteiger partial charge is 0.497 e. The van der Waals surface area contributed by atoms with Gasteiger partial charge in [0, 0.05) is 19.6 Å². The van der Waals surface area contributed by atoms with Crippen molar-refractivity contribution in [3.05, 3.63) is 46.8 Å². The van der Waals surface area contributed by atoms with Crippen molar-refractivity contribution >= 4 is 0 Å². The molecule has 0 fully saturated rings. The Kier molecular flexibility index (Phi) is 4.51. The van der Waals surface area contributed by atoms with Crippen LogP contribution in [-0.2, 0) is 32.4 Å². The van der Waals surface area contributed by atoms with E-state index in [-0.39, 0.29) is 17.9 Å². The van der Waals surface area contributed by atoms with Crippen molar-refractivity contribution in [3.63, 3.8) is 0 Å². The molecule has 0 saturated carbocycles. The predicted molar refractivity (Wildman–Crippen MR) is 80.3 cm³/mol. The first kappa shape index (κ1) is 16.8. The molecule has 2 heterocycles. The number of aliphatic hydroxyl groups excluding tert-OH is 1. The zero-order valence-electron chi connectivity index (χ0n) is 13.2. The summed E-state index contributed by atoms with van der Waals surface area (Å²) in [5, 5.41) is 13.1. The van der Waals surface area contributed by atoms with Crippen molar-refractivity contribution in [2.75, 3.05) is 13.7 Å². The lowest BCUT2D eigenvalue weighted by atomic mass is 10.1. The Labute approximate surface area is 137 Å². The minimum atomic E-state index is -4.52. The van der Waals surface area contributed by atoms with Gasteiger partial charge in [0.05, 0.1) is 26.0 Å². The lowest BCUT2D eigenvalue weighted by molar-refractivity contribution is -0.139. The number of benzene rings is 1. The van der Waals surface area contributed by atoms with Gasteiger partial charge < -0.3 is 9.84 Å². The van der Waals surface area contributed by atoms with Gasteiger partial charge in [-0.2, -0.15) is 18.3 Å². The van der Waals surface area contributed by atoms with E-state index in [9.17, 15) is 18.3 Å². The van der Waals surface area contributed by atoms with Crippen molar-refractivity contribution in [1.82, 2.24) is 14.7 Å². The van der Waals surface area contributed by atoms with Crippen LogP contribution in [0.5, 0.6) is 5.75 Å². The summed E-state index contributed by atoms with van der Waals surface area (Å²) in [5.74, 6) is 0.738. The molecular weight excluding hydrogens is 323 g/mol. The van der Waals surface area contributed by atoms with Crippen LogP contribution in [-0.4, -0.2) is 33.4 Å². The molecule has 0 aliphatic carbocycles. The van der Waals surface area contributed by atoms with E-state index in [0.717, 1.165) is 11.3 Å². The Balaban J connectivity index is 1.81. The molecular formula is C16H18F3N3O2. The smallest absolute Gasteiger partial charge is 0.420 e. The Morgan fingerprint density at radius 3 is 2.50 bits per heavy atom. The van der Waals surface area contributed by atoms with Crippen molar-refractivity contribution in [2.45, 2.75) is 32.4 Å². The highest BCUT2D eigenvalue weighted by Crippen LogP contribution is 2.36. The maximum absolute atomic E-state index is 13.3. The van der Waals surface area contributed by atoms with Gasteiger partial charge in [-0.25, -0.2) is 0 Å². The Bertz CT molecular complexity index is 711. The fourth-order valence-corrected chi connectivity index (χ4v) is 2.99. The van der Waals surface area contributed by atoms with Gasteiger partial charge in [-0.1, -0.05) is 12.1 Å². The van der Waals surface area contributed by atoms with Gasteiger partial charge in [0.1, 0.15) is 17.0 Å². The van der Waals surface area contributed by atoms with Gasteiger partial charge in [-0.3, -0.25) is 9.58 Å². The number of aliphatic hydroxyl groups is 1. The molecule has 24 heavy (non-hydrogen) atoms. The topological polar surface area (TPSA) is 50.5 Å². The number of hydrogen-bond donors (Lipinski definition) is 1. The Hall–Kier alpha value is -2.06. The van der Waals surface area contributed by atoms with Crippen LogP contribution in [0.25, 0.3) is 0 Å². The van der Waals surface area contributed by atoms with Crippen LogP contribution in [0.2, 0.25) is 0 Å². The minimum absolute atomic E-state index is 0.117. The summed E-state index contributed by atoms with van der Waals surface area (Å²) in [4.78, 5) is 1.94. The molecule has 0 amide bonds. The van der Waals surface area contributed by atoms with Crippen molar-refractivity contribution in [1.29, 1.82) is 0 Å². The summed E-state index contributed by atoms with van der Waals surface area (Å²) in [6.45, 7) is 0.944. The number of methoxy groups -OCH3 is 1. The highest BCUT2D eigenvalue weighted by molar-refractivity contribution is 5.31. The molecule has 0 atom stereocenters. The molecule has 0 spiro atoms. The Morgan fingerprint density at radius 1 is 1.21 bits per heavy atom. The summed E-state index contributed by atoms with van der Waals surface area (Å²) in [6, 6.07) is 7.45. The summed E-state index contributed by atoms with van der Waals surface area (Å²) in [5.41, 5.74) is 0.0132. The Morgan fingerprint density at radius 2 is 1.92 bits per heavy atom. The van der Waals surface area contributed by atoms with E-state index in [1.807, 2.05) is 29.2 Å². The van der Waals surface area contributed by atoms with E-state index in [0.29, 0.717) is 19.6 Å². The molecule has 5 nitrogen and oxygen atoms in total. The van der Waals surface area contributed by atoms with Crippen LogP contribution < -0.4 is 4.74 Å². The average molecular weight is 341 g/mol. The van der Waals surface area contributed by atoms with E-state index < -0.39 is 18.3 Å². The SMILES string of the molecule is COc1ccc(CN2CCn3nc(CO)c(C(F)(F)F)c3C2)cc1. The molecule has 0 radical (unpaired) electrons. The summed E-state index contributed by atoms with van der Waals surface area (Å²) >= 11 is 0. The van der Waals surface area contributed by atoms with Crippen molar-refractivity contribution < 1.29 is 23.0 Å². The van der Waals surface area contributed by atoms with E-state index >= 15 is 0 Å². The maximum atomic E-state index is 13.3. The van der Waals surface area contributed by atoms with Crippen LogP contribution in [0.1, 0.15) is 22.5 Å². The molecule has 1 aromatic heterocycles. The number of nitrogens with zero attached hydrogens (tertiary/aromatic N) is 3. The molecule has 0 saturated heterocycles. The van der Waals surface area contributed by atoms with Crippen molar-refractivity contribution in [2.24, 2.45) is 0 Å². The minimum Gasteiger partial charge on any atom is -0.497 e. The van der Waals surface area contributed by atoms with Crippen LogP contribution in [0, 0.1) is 0 Å². The summed E-state index contributed by atoms with van der Waals surface area (Å²) in [6.07, 6.45) is -4.52. The normalized spacial score (nSPS) is 15.4. The zero-order valence-corrected chi connectivity index (χ0v) is 13.2. The van der Waals surface area contributed by atoms with Crippen LogP contribution in [0.4, 0.5) is 13.2 Å². The van der Waals surface area contributed by atoms with E-state index in [1.165, 1.54) is 4.68 Å². The molecule has 2 aromatic rings. The molecule has 1 aliphatic rings. The fraction of sp³-hybridized carbons (Fsp3) is 0.438. The zero-order chi connectivity index (χ0) is 17.3. The second kappa shape index (κ2) is 6.45. The molecule has 130 valence electrons. The molecule has 8 heteroatoms. The molecule has 0 bridgehead atoms. The molecule has 0 unspecified atom stereocenters. The van der Waals surface area contributed by atoms with Gasteiger partial charge in [0.15, 0.2) is 0 Å². The second-order valence-corrected chi connectivity index (χ2v) is 5.71. The predicted octanol–water partition coefficient (Wildman–Crippen LogP) is 2.42. The molecule has 1 aliphatic heterocycles. The second-order valence-electron chi connectivity index (χ2n) is 5.71. The van der Waals surface area contributed by atoms with Crippen LogP contribution in [0.15, 0.2) is 24.3 Å². The molecule has 3 rings (SSSR count). The number of halogens is 3. The lowest BCUT2D eigenvalue weighted by Gasteiger charge is -2.28. The molecule has 1 N–H and O–H groups in total. The quantitative estimate of drug-likeness (QED) is 0.928. The standard InChI is InChI=1S/C16H18F3N3O2/c1-24-12-4-2-11(3-5-12)8-21-6-7-22-14(9-21)15(16(17,18)19)13(10-23)20-22/h2-5,23H,6-10H2,1H3. The highest BCUT2D eigenvalue weighted by atomic mass is 19.4. The average Bonchev–Trinajstić information content (AvgIpc) is 2.93. The van der Waals surface area contributed by atoms with Gasteiger partial charge >= 0.3 is 6.18 Å². The fourth-order valence-electron chi connectivity index (χ4n) is 2.99. The van der Waals surface area contributed by atoms with E-state index in [4.69, 9.17) is 4.74 Å². The number of ether oxygens (including phenoxy) is 1. The van der Waals surface area contributed by atoms with Gasteiger partial charge in [-0.15, -0.1) is 0 Å². The monoisotopic (exact) mass is 341 g/mol. The third kappa shape index (κ3) is 3.25. The summed E-state index contributed by atoms with van der Waals surface area (Å²) < 4.78 is 46.4. The first-order valence-electron chi connectivity index (χ1n) is 7.54. The van der Waals surface area contributed by atoms with Gasteiger partial charge in [0.25, 0.3) is 0 Å². The van der Waals surface area contributed by atoms with Gasteiger partial charge in [0.2, 0.25) is 0 Å². The first-order valence-corrected chi connectivity index (χ1v) is 7.54. The van der Waals surface area contributed by atoms with Crippen molar-refractivity contribution in [3.8, 4) is 5.75 Å². The maximum Gasteiger partial charge on any atom is 0.420 e. The van der Waals surface area contributed by atoms with E-state index in [1.54, 1.807) is 7.11 Å². The van der Waals surface area contributed by atoms with Crippen LogP contribution in [0.3, 0.4) is 0 Å². The first-order chi connectivity index (χ1) is 11.4. The lowest BCUT2D eigenvalue weighted by Crippen LogP contribution is -2.34. The van der Waals surface area contributed by atoms with E-state index in [2.05, 4.69) is 5.10 Å². The highest BCUT2D eigenvalue weighted by Gasteiger charge is 2.40. The third-order valence-electron chi connectivity index (χ3n) is 4.13. The number of hydrogen-bond acceptors (Lipinski definition) is 4.